The van der Waals surface area contributed by atoms with E-state index in [1.807, 2.05) is 26.1 Å². The molecule has 8 heteroatoms. The Morgan fingerprint density at radius 2 is 2.04 bits per heavy atom. The molecule has 0 bridgehead atoms. The summed E-state index contributed by atoms with van der Waals surface area (Å²) in [6.45, 7) is 2.37. The molecule has 0 aliphatic carbocycles. The molecule has 1 heterocycles. The third kappa shape index (κ3) is 5.76. The summed E-state index contributed by atoms with van der Waals surface area (Å²) in [7, 11) is 1.91. The number of hydrogen-bond acceptors (Lipinski definition) is 7. The Balaban J connectivity index is 0.000000593. The first-order valence-electron chi connectivity index (χ1n) is 6.81. The van der Waals surface area contributed by atoms with Crippen molar-refractivity contribution in [3.05, 3.63) is 41.9 Å². The second-order valence-electron chi connectivity index (χ2n) is 4.26. The molecular formula is C15H21N5O2S. The number of carbonyl (C=O) groups is 1. The van der Waals surface area contributed by atoms with Gasteiger partial charge in [0.25, 0.3) is 0 Å². The summed E-state index contributed by atoms with van der Waals surface area (Å²) in [5, 5.41) is 3.19. The lowest BCUT2D eigenvalue weighted by molar-refractivity contribution is -0.109. The van der Waals surface area contributed by atoms with E-state index in [0.29, 0.717) is 18.9 Å². The van der Waals surface area contributed by atoms with Crippen molar-refractivity contribution in [2.24, 2.45) is 5.84 Å². The zero-order valence-corrected chi connectivity index (χ0v) is 14.2. The summed E-state index contributed by atoms with van der Waals surface area (Å²) >= 11 is 1.71. The number of nitrogens with one attached hydrogen (secondary N) is 2. The van der Waals surface area contributed by atoms with Gasteiger partial charge in [0.05, 0.1) is 5.69 Å². The van der Waals surface area contributed by atoms with Gasteiger partial charge in [-0.25, -0.2) is 10.8 Å². The average molecular weight is 335 g/mol. The summed E-state index contributed by atoms with van der Waals surface area (Å²) in [4.78, 5) is 18.5. The molecule has 0 saturated carbocycles. The molecule has 1 amide bonds. The van der Waals surface area contributed by atoms with Crippen LogP contribution in [-0.4, -0.2) is 29.7 Å². The molecule has 1 aromatic heterocycles. The van der Waals surface area contributed by atoms with Crippen molar-refractivity contribution < 1.29 is 9.53 Å². The number of rotatable bonds is 6. The number of aryl methyl sites for hydroxylation is 1. The van der Waals surface area contributed by atoms with Gasteiger partial charge < -0.3 is 10.1 Å². The zero-order valence-electron chi connectivity index (χ0n) is 13.4. The zero-order chi connectivity index (χ0) is 17.1. The largest absolute Gasteiger partial charge is 0.471 e. The van der Waals surface area contributed by atoms with Gasteiger partial charge in [0, 0.05) is 35.6 Å². The fourth-order valence-electron chi connectivity index (χ4n) is 1.82. The van der Waals surface area contributed by atoms with Crippen molar-refractivity contribution in [3.8, 4) is 5.88 Å². The van der Waals surface area contributed by atoms with Crippen LogP contribution in [0, 0.1) is 6.92 Å². The van der Waals surface area contributed by atoms with E-state index in [-0.39, 0.29) is 0 Å². The summed E-state index contributed by atoms with van der Waals surface area (Å²) in [6.07, 6.45) is 5.77. The minimum Gasteiger partial charge on any atom is -0.471 e. The third-order valence-corrected chi connectivity index (χ3v) is 3.70. The van der Waals surface area contributed by atoms with E-state index in [1.165, 1.54) is 4.90 Å². The molecule has 4 N–H and O–H groups in total. The number of ether oxygens (including phenoxy) is 1. The molecule has 1 aromatic carbocycles. The lowest BCUT2D eigenvalue weighted by Gasteiger charge is -2.14. The van der Waals surface area contributed by atoms with Crippen LogP contribution in [0.2, 0.25) is 0 Å². The first-order valence-corrected chi connectivity index (χ1v) is 8.04. The van der Waals surface area contributed by atoms with Crippen molar-refractivity contribution in [2.75, 3.05) is 18.6 Å². The molecule has 0 radical (unpaired) electrons. The number of hydrogen-bond donors (Lipinski definition) is 3. The van der Waals surface area contributed by atoms with Crippen LogP contribution < -0.4 is 21.3 Å². The van der Waals surface area contributed by atoms with Gasteiger partial charge in [0.2, 0.25) is 12.3 Å². The van der Waals surface area contributed by atoms with Crippen LogP contribution in [0.5, 0.6) is 5.88 Å². The number of nitrogens with zero attached hydrogens (tertiary/aromatic N) is 2. The number of thioether (sulfide) groups is 1. The number of hydrazine groups is 1. The van der Waals surface area contributed by atoms with E-state index in [4.69, 9.17) is 9.53 Å². The second-order valence-corrected chi connectivity index (χ2v) is 5.10. The van der Waals surface area contributed by atoms with Gasteiger partial charge in [-0.3, -0.25) is 15.2 Å². The number of anilines is 1. The number of nitrogens with two attached hydrogens (primary N) is 1. The Bertz CT molecular complexity index is 602. The Kier molecular flexibility index (Phi) is 8.48. The van der Waals surface area contributed by atoms with E-state index in [0.717, 1.165) is 16.9 Å². The van der Waals surface area contributed by atoms with E-state index < -0.39 is 0 Å². The number of amides is 1. The van der Waals surface area contributed by atoms with Crippen LogP contribution in [0.1, 0.15) is 11.3 Å². The Morgan fingerprint density at radius 1 is 1.35 bits per heavy atom. The molecule has 0 atom stereocenters. The summed E-state index contributed by atoms with van der Waals surface area (Å²) in [5.41, 5.74) is 4.77. The van der Waals surface area contributed by atoms with Crippen LogP contribution in [0.15, 0.2) is 35.5 Å². The Labute approximate surface area is 140 Å². The maximum atomic E-state index is 8.94. The monoisotopic (exact) mass is 335 g/mol. The fraction of sp³-hybridized carbons (Fsp3) is 0.267. The van der Waals surface area contributed by atoms with Crippen LogP contribution in [0.3, 0.4) is 0 Å². The quantitative estimate of drug-likeness (QED) is 0.243. The molecule has 0 aliphatic rings. The smallest absolute Gasteiger partial charge is 0.235 e. The average Bonchev–Trinajstić information content (AvgIpc) is 2.60. The predicted molar refractivity (Wildman–Crippen MR) is 92.3 cm³/mol. The molecule has 124 valence electrons. The van der Waals surface area contributed by atoms with Crippen LogP contribution in [-0.2, 0) is 11.4 Å². The number of benzene rings is 1. The predicted octanol–water partition coefficient (Wildman–Crippen LogP) is 1.73. The Morgan fingerprint density at radius 3 is 2.61 bits per heavy atom. The first-order chi connectivity index (χ1) is 11.2. The SMILES string of the molecule is CNc1cccc(SC)c1COc1nccnc1C.NNC=O. The van der Waals surface area contributed by atoms with Crippen molar-refractivity contribution >= 4 is 23.9 Å². The summed E-state index contributed by atoms with van der Waals surface area (Å²) in [6, 6.07) is 6.17. The van der Waals surface area contributed by atoms with Crippen LogP contribution in [0.4, 0.5) is 5.69 Å². The molecule has 0 saturated heterocycles. The first kappa shape index (κ1) is 18.7. The van der Waals surface area contributed by atoms with Crippen molar-refractivity contribution in [1.29, 1.82) is 0 Å². The highest BCUT2D eigenvalue weighted by molar-refractivity contribution is 7.98. The van der Waals surface area contributed by atoms with E-state index in [2.05, 4.69) is 33.4 Å². The molecule has 7 nitrogen and oxygen atoms in total. The van der Waals surface area contributed by atoms with E-state index in [9.17, 15) is 0 Å². The highest BCUT2D eigenvalue weighted by Gasteiger charge is 2.09. The molecule has 2 rings (SSSR count). The maximum absolute atomic E-state index is 8.94. The van der Waals surface area contributed by atoms with Gasteiger partial charge in [-0.1, -0.05) is 6.07 Å². The van der Waals surface area contributed by atoms with Gasteiger partial charge >= 0.3 is 0 Å². The van der Waals surface area contributed by atoms with Crippen LogP contribution >= 0.6 is 11.8 Å². The molecule has 2 aromatic rings. The topological polar surface area (TPSA) is 102 Å². The molecule has 0 unspecified atom stereocenters. The number of aromatic nitrogens is 2. The molecular weight excluding hydrogens is 314 g/mol. The van der Waals surface area contributed by atoms with Crippen LogP contribution in [0.25, 0.3) is 0 Å². The van der Waals surface area contributed by atoms with Crippen molar-refractivity contribution in [1.82, 2.24) is 15.4 Å². The fourth-order valence-corrected chi connectivity index (χ4v) is 2.45. The summed E-state index contributed by atoms with van der Waals surface area (Å²) in [5.74, 6) is 4.99. The molecule has 0 spiro atoms. The highest BCUT2D eigenvalue weighted by Crippen LogP contribution is 2.28. The van der Waals surface area contributed by atoms with Gasteiger partial charge in [0.15, 0.2) is 0 Å². The molecule has 23 heavy (non-hydrogen) atoms. The van der Waals surface area contributed by atoms with Gasteiger partial charge in [0.1, 0.15) is 6.61 Å². The lowest BCUT2D eigenvalue weighted by atomic mass is 10.2. The van der Waals surface area contributed by atoms with Gasteiger partial charge in [-0.2, -0.15) is 0 Å². The minimum absolute atomic E-state index is 0.403. The van der Waals surface area contributed by atoms with Gasteiger partial charge in [-0.15, -0.1) is 11.8 Å². The summed E-state index contributed by atoms with van der Waals surface area (Å²) < 4.78 is 5.78. The molecule has 0 aliphatic heterocycles. The van der Waals surface area contributed by atoms with Crippen molar-refractivity contribution in [2.45, 2.75) is 18.4 Å². The standard InChI is InChI=1S/C14H17N3OS.CH4N2O/c1-10-14(17-8-7-16-10)18-9-11-12(15-2)5-4-6-13(11)19-3;2-3-1-4/h4-8,15H,9H2,1-3H3;1H,2H2,(H,3,4). The lowest BCUT2D eigenvalue weighted by Crippen LogP contribution is -2.18. The highest BCUT2D eigenvalue weighted by atomic mass is 32.2. The minimum atomic E-state index is 0.403. The normalized spacial score (nSPS) is 9.39. The number of carbonyl (C=O) groups excluding carboxylic acids is 1. The Hall–Kier alpha value is -2.32. The van der Waals surface area contributed by atoms with Gasteiger partial charge in [-0.05, 0) is 25.3 Å². The van der Waals surface area contributed by atoms with E-state index >= 15 is 0 Å². The second kappa shape index (κ2) is 10.4. The molecule has 0 fully saturated rings. The third-order valence-electron chi connectivity index (χ3n) is 2.88. The van der Waals surface area contributed by atoms with E-state index in [1.54, 1.807) is 29.6 Å². The van der Waals surface area contributed by atoms with Crippen molar-refractivity contribution in [3.63, 3.8) is 0 Å². The maximum Gasteiger partial charge on any atom is 0.235 e.